The zero-order valence-electron chi connectivity index (χ0n) is 6.31. The van der Waals surface area contributed by atoms with Crippen LogP contribution in [0.3, 0.4) is 0 Å². The Balaban J connectivity index is 2.84. The number of nitrogens with zero attached hydrogens (tertiary/aromatic N) is 3. The Morgan fingerprint density at radius 2 is 2.50 bits per heavy atom. The van der Waals surface area contributed by atoms with Crippen molar-refractivity contribution in [1.29, 1.82) is 0 Å². The minimum Gasteiger partial charge on any atom is -0.278 e. The average Bonchev–Trinajstić information content (AvgIpc) is 2.52. The predicted octanol–water partition coefficient (Wildman–Crippen LogP) is 0.140. The number of hydrogen-bond acceptors (Lipinski definition) is 4. The SMILES string of the molecule is CSc1cc(=O)n2[nH]cnc2n1. The van der Waals surface area contributed by atoms with Crippen LogP contribution < -0.4 is 5.56 Å². The van der Waals surface area contributed by atoms with Gasteiger partial charge in [0.1, 0.15) is 11.4 Å². The van der Waals surface area contributed by atoms with Gasteiger partial charge in [-0.05, 0) is 6.26 Å². The zero-order valence-corrected chi connectivity index (χ0v) is 7.13. The number of thioether (sulfide) groups is 1. The van der Waals surface area contributed by atoms with Crippen LogP contribution in [0.2, 0.25) is 0 Å². The van der Waals surface area contributed by atoms with Gasteiger partial charge in [-0.15, -0.1) is 11.8 Å². The van der Waals surface area contributed by atoms with E-state index in [9.17, 15) is 4.79 Å². The quantitative estimate of drug-likeness (QED) is 0.503. The van der Waals surface area contributed by atoms with Crippen molar-refractivity contribution in [2.24, 2.45) is 0 Å². The van der Waals surface area contributed by atoms with Crippen LogP contribution in [0.5, 0.6) is 0 Å². The minimum atomic E-state index is -0.137. The summed E-state index contributed by atoms with van der Waals surface area (Å²) >= 11 is 1.42. The molecule has 6 heteroatoms. The Hall–Kier alpha value is -1.30. The summed E-state index contributed by atoms with van der Waals surface area (Å²) in [6.07, 6.45) is 3.30. The van der Waals surface area contributed by atoms with Crippen molar-refractivity contribution < 1.29 is 0 Å². The molecule has 2 rings (SSSR count). The molecule has 0 spiro atoms. The molecule has 12 heavy (non-hydrogen) atoms. The number of rotatable bonds is 1. The third-order valence-corrected chi connectivity index (χ3v) is 2.08. The molecule has 0 aliphatic heterocycles. The summed E-state index contributed by atoms with van der Waals surface area (Å²) in [5, 5.41) is 3.35. The van der Waals surface area contributed by atoms with Crippen molar-refractivity contribution in [3.8, 4) is 0 Å². The minimum absolute atomic E-state index is 0.137. The molecule has 0 fully saturated rings. The fraction of sp³-hybridized carbons (Fsp3) is 0.167. The van der Waals surface area contributed by atoms with E-state index in [2.05, 4.69) is 15.1 Å². The van der Waals surface area contributed by atoms with E-state index >= 15 is 0 Å². The van der Waals surface area contributed by atoms with Crippen LogP contribution in [0.4, 0.5) is 0 Å². The Morgan fingerprint density at radius 1 is 1.67 bits per heavy atom. The molecule has 0 aromatic carbocycles. The normalized spacial score (nSPS) is 10.8. The predicted molar refractivity (Wildman–Crippen MR) is 45.4 cm³/mol. The summed E-state index contributed by atoms with van der Waals surface area (Å²) in [5.74, 6) is 0.409. The largest absolute Gasteiger partial charge is 0.278 e. The first kappa shape index (κ1) is 7.35. The number of fused-ring (bicyclic) bond motifs is 1. The highest BCUT2D eigenvalue weighted by Gasteiger charge is 2.01. The maximum absolute atomic E-state index is 11.3. The van der Waals surface area contributed by atoms with E-state index in [4.69, 9.17) is 0 Å². The van der Waals surface area contributed by atoms with E-state index in [1.165, 1.54) is 28.7 Å². The number of hydrogen-bond donors (Lipinski definition) is 1. The molecule has 0 amide bonds. The van der Waals surface area contributed by atoms with Crippen molar-refractivity contribution in [2.45, 2.75) is 5.03 Å². The van der Waals surface area contributed by atoms with Crippen LogP contribution in [0, 0.1) is 0 Å². The van der Waals surface area contributed by atoms with Crippen molar-refractivity contribution in [2.75, 3.05) is 6.26 Å². The van der Waals surface area contributed by atoms with Crippen LogP contribution in [-0.2, 0) is 0 Å². The van der Waals surface area contributed by atoms with Gasteiger partial charge in [0.15, 0.2) is 0 Å². The number of H-pyrrole nitrogens is 1. The Kier molecular flexibility index (Phi) is 1.61. The average molecular weight is 182 g/mol. The van der Waals surface area contributed by atoms with Gasteiger partial charge in [-0.25, -0.2) is 9.97 Å². The van der Waals surface area contributed by atoms with E-state index in [1.54, 1.807) is 0 Å². The highest BCUT2D eigenvalue weighted by Crippen LogP contribution is 2.07. The smallest absolute Gasteiger partial charge is 0.275 e. The van der Waals surface area contributed by atoms with Gasteiger partial charge in [0.05, 0.1) is 0 Å². The lowest BCUT2D eigenvalue weighted by molar-refractivity contribution is 0.875. The third-order valence-electron chi connectivity index (χ3n) is 1.45. The van der Waals surface area contributed by atoms with Gasteiger partial charge in [0.2, 0.25) is 0 Å². The lowest BCUT2D eigenvalue weighted by Gasteiger charge is -1.93. The molecule has 62 valence electrons. The number of nitrogens with one attached hydrogen (secondary N) is 1. The Bertz CT molecular complexity index is 460. The molecule has 2 aromatic heterocycles. The van der Waals surface area contributed by atoms with Gasteiger partial charge in [-0.3, -0.25) is 9.89 Å². The van der Waals surface area contributed by atoms with Gasteiger partial charge in [0.25, 0.3) is 11.3 Å². The molecule has 0 aliphatic rings. The number of aromatic amines is 1. The molecule has 2 heterocycles. The van der Waals surface area contributed by atoms with Crippen molar-refractivity contribution in [1.82, 2.24) is 19.6 Å². The summed E-state index contributed by atoms with van der Waals surface area (Å²) in [5.41, 5.74) is -0.137. The molecule has 2 aromatic rings. The topological polar surface area (TPSA) is 63.0 Å². The van der Waals surface area contributed by atoms with Crippen LogP contribution in [0.15, 0.2) is 22.2 Å². The first-order valence-corrected chi connectivity index (χ1v) is 4.51. The first-order valence-electron chi connectivity index (χ1n) is 3.28. The molecular formula is C6H6N4OS. The van der Waals surface area contributed by atoms with E-state index in [1.807, 2.05) is 6.26 Å². The van der Waals surface area contributed by atoms with Crippen molar-refractivity contribution in [3.63, 3.8) is 0 Å². The molecule has 0 bridgehead atoms. The van der Waals surface area contributed by atoms with Crippen LogP contribution in [-0.4, -0.2) is 25.8 Å². The lowest BCUT2D eigenvalue weighted by Crippen LogP contribution is -2.13. The fourth-order valence-electron chi connectivity index (χ4n) is 0.906. The summed E-state index contributed by atoms with van der Waals surface area (Å²) in [7, 11) is 0. The molecule has 0 saturated heterocycles. The summed E-state index contributed by atoms with van der Waals surface area (Å²) in [6, 6.07) is 1.47. The highest BCUT2D eigenvalue weighted by atomic mass is 32.2. The molecule has 0 unspecified atom stereocenters. The van der Waals surface area contributed by atoms with Crippen LogP contribution >= 0.6 is 11.8 Å². The molecule has 0 aliphatic carbocycles. The van der Waals surface area contributed by atoms with Gasteiger partial charge in [0, 0.05) is 6.07 Å². The Morgan fingerprint density at radius 3 is 3.25 bits per heavy atom. The summed E-state index contributed by atoms with van der Waals surface area (Å²) < 4.78 is 1.29. The summed E-state index contributed by atoms with van der Waals surface area (Å²) in [6.45, 7) is 0. The maximum Gasteiger partial charge on any atom is 0.275 e. The van der Waals surface area contributed by atoms with Crippen LogP contribution in [0.1, 0.15) is 0 Å². The monoisotopic (exact) mass is 182 g/mol. The van der Waals surface area contributed by atoms with E-state index < -0.39 is 0 Å². The van der Waals surface area contributed by atoms with Gasteiger partial charge in [-0.1, -0.05) is 0 Å². The second kappa shape index (κ2) is 2.63. The van der Waals surface area contributed by atoms with Gasteiger partial charge in [-0.2, -0.15) is 4.52 Å². The second-order valence-electron chi connectivity index (χ2n) is 2.16. The van der Waals surface area contributed by atoms with Crippen LogP contribution in [0.25, 0.3) is 5.78 Å². The maximum atomic E-state index is 11.3. The van der Waals surface area contributed by atoms with E-state index in [0.717, 1.165) is 0 Å². The standard InChI is InChI=1S/C6H6N4OS/c1-12-4-2-5(11)10-6(9-4)7-3-8-10/h2-3H,1H3,(H,7,8,9). The lowest BCUT2D eigenvalue weighted by atomic mass is 10.6. The molecule has 1 N–H and O–H groups in total. The van der Waals surface area contributed by atoms with E-state index in [0.29, 0.717) is 10.8 Å². The van der Waals surface area contributed by atoms with Crippen molar-refractivity contribution >= 4 is 17.5 Å². The highest BCUT2D eigenvalue weighted by molar-refractivity contribution is 7.98. The molecule has 0 atom stereocenters. The molecular weight excluding hydrogens is 176 g/mol. The fourth-order valence-corrected chi connectivity index (χ4v) is 1.30. The number of aromatic nitrogens is 4. The third kappa shape index (κ3) is 1.00. The molecule has 0 saturated carbocycles. The van der Waals surface area contributed by atoms with Crippen molar-refractivity contribution in [3.05, 3.63) is 22.7 Å². The second-order valence-corrected chi connectivity index (χ2v) is 2.99. The summed E-state index contributed by atoms with van der Waals surface area (Å²) in [4.78, 5) is 19.2. The van der Waals surface area contributed by atoms with E-state index in [-0.39, 0.29) is 5.56 Å². The van der Waals surface area contributed by atoms with Gasteiger partial charge >= 0.3 is 0 Å². The molecule has 0 radical (unpaired) electrons. The molecule has 5 nitrogen and oxygen atoms in total. The first-order chi connectivity index (χ1) is 5.81. The Labute approximate surface area is 71.8 Å². The van der Waals surface area contributed by atoms with Gasteiger partial charge < -0.3 is 0 Å². The zero-order chi connectivity index (χ0) is 8.55.